The Morgan fingerprint density at radius 1 is 1.18 bits per heavy atom. The van der Waals surface area contributed by atoms with Gasteiger partial charge >= 0.3 is 0 Å². The maximum absolute atomic E-state index is 12.4. The molecular formula is C19H19ClN6O2. The number of carbonyl (C=O) groups is 1. The molecule has 0 spiro atoms. The van der Waals surface area contributed by atoms with Gasteiger partial charge in [0, 0.05) is 36.9 Å². The van der Waals surface area contributed by atoms with Gasteiger partial charge in [0.2, 0.25) is 5.95 Å². The Balaban J connectivity index is 1.42. The molecule has 0 bridgehead atoms. The molecule has 3 aromatic rings. The van der Waals surface area contributed by atoms with Crippen molar-refractivity contribution in [3.8, 4) is 0 Å². The van der Waals surface area contributed by atoms with Crippen LogP contribution < -0.4 is 10.2 Å². The summed E-state index contributed by atoms with van der Waals surface area (Å²) in [6.45, 7) is 4.30. The second-order valence-corrected chi connectivity index (χ2v) is 6.84. The number of nitrogens with zero attached hydrogens (tertiary/aromatic N) is 5. The predicted molar refractivity (Wildman–Crippen MR) is 106 cm³/mol. The number of rotatable bonds is 4. The highest BCUT2D eigenvalue weighted by atomic mass is 35.5. The Labute approximate surface area is 167 Å². The van der Waals surface area contributed by atoms with Crippen molar-refractivity contribution in [3.63, 3.8) is 0 Å². The summed E-state index contributed by atoms with van der Waals surface area (Å²) >= 11 is 6.17. The molecule has 1 N–H and O–H groups in total. The van der Waals surface area contributed by atoms with E-state index in [0.717, 1.165) is 11.3 Å². The number of hydrogen-bond acceptors (Lipinski definition) is 7. The summed E-state index contributed by atoms with van der Waals surface area (Å²) < 4.78 is 5.19. The van der Waals surface area contributed by atoms with Gasteiger partial charge < -0.3 is 19.5 Å². The van der Waals surface area contributed by atoms with Gasteiger partial charge in [-0.05, 0) is 36.8 Å². The second kappa shape index (κ2) is 7.85. The first-order valence-electron chi connectivity index (χ1n) is 8.91. The van der Waals surface area contributed by atoms with Crippen molar-refractivity contribution in [3.05, 3.63) is 59.1 Å². The lowest BCUT2D eigenvalue weighted by Gasteiger charge is -2.34. The number of benzene rings is 1. The molecule has 0 radical (unpaired) electrons. The standard InChI is InChI=1S/C19H19ClN6O2/c1-13-14(20)4-2-5-15(13)22-17-12-21-24-19(23-17)26-9-7-25(8-10-26)18(27)16-6-3-11-28-16/h2-6,11-12H,7-10H2,1H3,(H,22,23,24). The summed E-state index contributed by atoms with van der Waals surface area (Å²) in [6.07, 6.45) is 3.07. The lowest BCUT2D eigenvalue weighted by molar-refractivity contribution is 0.0714. The molecule has 3 heterocycles. The SMILES string of the molecule is Cc1c(Cl)cccc1Nc1cnnc(N2CCN(C(=O)c3ccco3)CC2)n1. The van der Waals surface area contributed by atoms with E-state index in [-0.39, 0.29) is 5.91 Å². The first-order chi connectivity index (χ1) is 13.6. The second-order valence-electron chi connectivity index (χ2n) is 6.44. The monoisotopic (exact) mass is 398 g/mol. The molecule has 4 rings (SSSR count). The average Bonchev–Trinajstić information content (AvgIpc) is 3.26. The third-order valence-corrected chi connectivity index (χ3v) is 5.07. The van der Waals surface area contributed by atoms with Crippen LogP contribution in [0.2, 0.25) is 5.02 Å². The van der Waals surface area contributed by atoms with Crippen molar-refractivity contribution in [2.24, 2.45) is 0 Å². The highest BCUT2D eigenvalue weighted by molar-refractivity contribution is 6.31. The molecule has 1 amide bonds. The van der Waals surface area contributed by atoms with Crippen molar-refractivity contribution in [2.75, 3.05) is 36.4 Å². The van der Waals surface area contributed by atoms with Crippen molar-refractivity contribution in [1.82, 2.24) is 20.1 Å². The van der Waals surface area contributed by atoms with Gasteiger partial charge in [0.25, 0.3) is 5.91 Å². The van der Waals surface area contributed by atoms with Gasteiger partial charge in [0.1, 0.15) is 0 Å². The summed E-state index contributed by atoms with van der Waals surface area (Å²) in [5.74, 6) is 1.37. The molecule has 0 saturated carbocycles. The van der Waals surface area contributed by atoms with E-state index in [1.54, 1.807) is 23.2 Å². The van der Waals surface area contributed by atoms with E-state index >= 15 is 0 Å². The molecule has 1 aromatic carbocycles. The minimum Gasteiger partial charge on any atom is -0.459 e. The molecule has 28 heavy (non-hydrogen) atoms. The zero-order valence-electron chi connectivity index (χ0n) is 15.3. The normalized spacial score (nSPS) is 14.2. The molecule has 2 aromatic heterocycles. The minimum atomic E-state index is -0.101. The van der Waals surface area contributed by atoms with Gasteiger partial charge in [-0.3, -0.25) is 4.79 Å². The van der Waals surface area contributed by atoms with Crippen molar-refractivity contribution >= 4 is 35.0 Å². The summed E-state index contributed by atoms with van der Waals surface area (Å²) in [6, 6.07) is 9.04. The summed E-state index contributed by atoms with van der Waals surface area (Å²) in [4.78, 5) is 20.7. The summed E-state index contributed by atoms with van der Waals surface area (Å²) in [5, 5.41) is 12.1. The molecule has 0 aliphatic carbocycles. The fourth-order valence-electron chi connectivity index (χ4n) is 3.03. The fourth-order valence-corrected chi connectivity index (χ4v) is 3.21. The number of aromatic nitrogens is 3. The largest absolute Gasteiger partial charge is 0.459 e. The lowest BCUT2D eigenvalue weighted by Crippen LogP contribution is -2.49. The van der Waals surface area contributed by atoms with Crippen LogP contribution in [-0.4, -0.2) is 52.2 Å². The maximum Gasteiger partial charge on any atom is 0.289 e. The Kier molecular flexibility index (Phi) is 5.12. The van der Waals surface area contributed by atoms with E-state index in [0.29, 0.717) is 48.7 Å². The smallest absolute Gasteiger partial charge is 0.289 e. The molecule has 8 nitrogen and oxygen atoms in total. The van der Waals surface area contributed by atoms with Crippen LogP contribution in [0.3, 0.4) is 0 Å². The van der Waals surface area contributed by atoms with Crippen LogP contribution in [-0.2, 0) is 0 Å². The number of anilines is 3. The highest BCUT2D eigenvalue weighted by Crippen LogP contribution is 2.25. The number of carbonyl (C=O) groups excluding carboxylic acids is 1. The number of furan rings is 1. The zero-order valence-corrected chi connectivity index (χ0v) is 16.1. The minimum absolute atomic E-state index is 0.101. The Morgan fingerprint density at radius 3 is 2.75 bits per heavy atom. The predicted octanol–water partition coefficient (Wildman–Crippen LogP) is 3.13. The van der Waals surface area contributed by atoms with E-state index in [4.69, 9.17) is 16.0 Å². The average molecular weight is 399 g/mol. The molecule has 1 aliphatic heterocycles. The molecule has 9 heteroatoms. The van der Waals surface area contributed by atoms with Crippen LogP contribution in [0, 0.1) is 6.92 Å². The number of nitrogens with one attached hydrogen (secondary N) is 1. The van der Waals surface area contributed by atoms with Crippen molar-refractivity contribution in [1.29, 1.82) is 0 Å². The highest BCUT2D eigenvalue weighted by Gasteiger charge is 2.25. The number of halogens is 1. The van der Waals surface area contributed by atoms with Gasteiger partial charge in [-0.1, -0.05) is 17.7 Å². The molecule has 1 fully saturated rings. The maximum atomic E-state index is 12.4. The van der Waals surface area contributed by atoms with E-state index < -0.39 is 0 Å². The van der Waals surface area contributed by atoms with Crippen molar-refractivity contribution < 1.29 is 9.21 Å². The fraction of sp³-hybridized carbons (Fsp3) is 0.263. The molecule has 0 unspecified atom stereocenters. The Hall–Kier alpha value is -3.13. The van der Waals surface area contributed by atoms with Gasteiger partial charge in [0.05, 0.1) is 12.5 Å². The topological polar surface area (TPSA) is 87.4 Å². The number of piperazine rings is 1. The van der Waals surface area contributed by atoms with Gasteiger partial charge in [0.15, 0.2) is 11.6 Å². The van der Waals surface area contributed by atoms with Gasteiger partial charge in [-0.2, -0.15) is 10.1 Å². The van der Waals surface area contributed by atoms with E-state index in [1.807, 2.05) is 30.0 Å². The van der Waals surface area contributed by atoms with Crippen LogP contribution in [0.25, 0.3) is 0 Å². The Morgan fingerprint density at radius 2 is 2.00 bits per heavy atom. The molecule has 1 aliphatic rings. The summed E-state index contributed by atoms with van der Waals surface area (Å²) in [5.41, 5.74) is 1.81. The number of amides is 1. The van der Waals surface area contributed by atoms with Gasteiger partial charge in [-0.15, -0.1) is 5.10 Å². The van der Waals surface area contributed by atoms with E-state index in [2.05, 4.69) is 20.5 Å². The Bertz CT molecular complexity index is 970. The third kappa shape index (κ3) is 3.77. The molecule has 144 valence electrons. The molecule has 0 atom stereocenters. The third-order valence-electron chi connectivity index (χ3n) is 4.66. The van der Waals surface area contributed by atoms with Crippen LogP contribution in [0.1, 0.15) is 16.1 Å². The first kappa shape index (κ1) is 18.2. The molecule has 1 saturated heterocycles. The van der Waals surface area contributed by atoms with Crippen LogP contribution >= 0.6 is 11.6 Å². The quantitative estimate of drug-likeness (QED) is 0.722. The van der Waals surface area contributed by atoms with Gasteiger partial charge in [-0.25, -0.2) is 0 Å². The first-order valence-corrected chi connectivity index (χ1v) is 9.29. The van der Waals surface area contributed by atoms with Crippen LogP contribution in [0.15, 0.2) is 47.2 Å². The lowest BCUT2D eigenvalue weighted by atomic mass is 10.2. The summed E-state index contributed by atoms with van der Waals surface area (Å²) in [7, 11) is 0. The number of hydrogen-bond donors (Lipinski definition) is 1. The van der Waals surface area contributed by atoms with Crippen LogP contribution in [0.4, 0.5) is 17.5 Å². The zero-order chi connectivity index (χ0) is 19.5. The molecular weight excluding hydrogens is 380 g/mol. The van der Waals surface area contributed by atoms with Crippen molar-refractivity contribution in [2.45, 2.75) is 6.92 Å². The van der Waals surface area contributed by atoms with E-state index in [9.17, 15) is 4.79 Å². The van der Waals surface area contributed by atoms with Crippen LogP contribution in [0.5, 0.6) is 0 Å². The van der Waals surface area contributed by atoms with E-state index in [1.165, 1.54) is 6.26 Å².